The summed E-state index contributed by atoms with van der Waals surface area (Å²) in [6.07, 6.45) is -55.6. The van der Waals surface area contributed by atoms with Crippen molar-refractivity contribution in [2.75, 3.05) is 40.1 Å². The SMILES string of the molecule is CCC1O[C@@H](OC2[C@H](OCC3O[C@@H](OCC4O[C@@H](OC)C(O)[C@@H](O[C@@H]5OC(CO)[C@H](O)[C@H](O)C5O[C@@H]5OC(COP(=O)(O)O)[C@H](O)[C@H](O)C5O)[C@H]4O)C(O)[C@@H](O)[C@H]3O)OC(CO)[C@H](O)[C@@H]2O)C(O)[C@@H](O)[C@H]1O. The lowest BCUT2D eigenvalue weighted by Crippen LogP contribution is -2.67. The standard InChI is InChI=1S/C38H67O33P/c1-3-9-15(41)21(47)27(53)35(63-9)70-31-24(50)16(42)10(4-39)64-37(31)61-6-12-18(44)22(48)26(52)34(67-12)60-7-13-20(46)30(29(55)33(59-2)66-13)69-38-32(25(51)17(43)11(5-40)65-38)71-36-28(54)23(49)19(45)14(68-36)8-62-72(56,57)58/h9-55H,3-8H2,1-2H3,(H2,56,57,58)/t9?,10?,11?,12?,13?,14?,15-,16-,17-,18-,19-,20-,21-,22-,23-,24-,25-,26?,27?,28?,29?,30-,31?,32?,33+,34+,35-,36-,37+,38-/m0/s1. The molecule has 0 radical (unpaired) electrons. The number of hydrogen-bond acceptors (Lipinski definition) is 31. The Balaban J connectivity index is 1.14. The third-order valence-corrected chi connectivity index (χ3v) is 13.5. The predicted octanol–water partition coefficient (Wildman–Crippen LogP) is -11.9. The fraction of sp³-hybridized carbons (Fsp3) is 1.00. The summed E-state index contributed by atoms with van der Waals surface area (Å²) in [5, 5.41) is 182. The molecule has 12 unspecified atom stereocenters. The zero-order valence-corrected chi connectivity index (χ0v) is 39.1. The molecule has 0 aromatic rings. The van der Waals surface area contributed by atoms with Crippen molar-refractivity contribution >= 4 is 7.82 Å². The van der Waals surface area contributed by atoms with Gasteiger partial charge >= 0.3 is 7.82 Å². The van der Waals surface area contributed by atoms with Crippen LogP contribution in [0.25, 0.3) is 0 Å². The normalized spacial score (nSPS) is 50.7. The van der Waals surface area contributed by atoms with Crippen LogP contribution in [0, 0.1) is 0 Å². The molecule has 6 heterocycles. The summed E-state index contributed by atoms with van der Waals surface area (Å²) in [4.78, 5) is 18.3. The number of aliphatic hydroxyl groups excluding tert-OH is 17. The van der Waals surface area contributed by atoms with Crippen molar-refractivity contribution < 1.29 is 163 Å². The summed E-state index contributed by atoms with van der Waals surface area (Å²) in [7, 11) is -4.11. The first-order chi connectivity index (χ1) is 33.9. The van der Waals surface area contributed by atoms with E-state index >= 15 is 0 Å². The van der Waals surface area contributed by atoms with Crippen LogP contribution in [-0.4, -0.2) is 321 Å². The van der Waals surface area contributed by atoms with Crippen molar-refractivity contribution in [3.8, 4) is 0 Å². The van der Waals surface area contributed by atoms with Crippen LogP contribution < -0.4 is 0 Å². The Morgan fingerprint density at radius 1 is 0.375 bits per heavy atom. The van der Waals surface area contributed by atoms with E-state index < -0.39 is 225 Å². The Labute approximate surface area is 407 Å². The van der Waals surface area contributed by atoms with Gasteiger partial charge < -0.3 is 153 Å². The molecule has 0 aromatic carbocycles. The van der Waals surface area contributed by atoms with Crippen molar-refractivity contribution in [1.82, 2.24) is 0 Å². The number of methoxy groups -OCH3 is 1. The lowest BCUT2D eigenvalue weighted by Gasteiger charge is -2.48. The number of phosphoric acid groups is 1. The van der Waals surface area contributed by atoms with Crippen LogP contribution in [0.2, 0.25) is 0 Å². The van der Waals surface area contributed by atoms with E-state index in [0.29, 0.717) is 0 Å². The van der Waals surface area contributed by atoms with Gasteiger partial charge in [0.1, 0.15) is 140 Å². The smallest absolute Gasteiger partial charge is 0.394 e. The van der Waals surface area contributed by atoms with Crippen LogP contribution in [0.1, 0.15) is 13.3 Å². The largest absolute Gasteiger partial charge is 0.469 e. The molecule has 6 rings (SSSR count). The molecule has 0 spiro atoms. The second-order valence-corrected chi connectivity index (χ2v) is 19.1. The number of rotatable bonds is 19. The topological polar surface area (TPSA) is 521 Å². The Bertz CT molecular complexity index is 1710. The van der Waals surface area contributed by atoms with E-state index in [4.69, 9.17) is 66.6 Å². The predicted molar refractivity (Wildman–Crippen MR) is 218 cm³/mol. The lowest BCUT2D eigenvalue weighted by atomic mass is 9.96. The molecule has 0 saturated carbocycles. The van der Waals surface area contributed by atoms with Crippen LogP contribution in [0.15, 0.2) is 0 Å². The molecule has 0 amide bonds. The Kier molecular flexibility index (Phi) is 21.4. The summed E-state index contributed by atoms with van der Waals surface area (Å²) < 4.78 is 83.1. The summed E-state index contributed by atoms with van der Waals surface area (Å²) in [5.41, 5.74) is 0. The second kappa shape index (κ2) is 25.6. The molecule has 6 aliphatic heterocycles. The average molecular weight is 1080 g/mol. The first kappa shape index (κ1) is 60.2. The van der Waals surface area contributed by atoms with E-state index in [9.17, 15) is 91.4 Å². The molecule has 6 aliphatic rings. The molecule has 33 nitrogen and oxygen atoms in total. The van der Waals surface area contributed by atoms with E-state index in [-0.39, 0.29) is 6.42 Å². The van der Waals surface area contributed by atoms with E-state index in [0.717, 1.165) is 7.11 Å². The van der Waals surface area contributed by atoms with Crippen molar-refractivity contribution in [1.29, 1.82) is 0 Å². The van der Waals surface area contributed by atoms with Crippen molar-refractivity contribution in [3.63, 3.8) is 0 Å². The molecular formula is C38H67O33P. The van der Waals surface area contributed by atoms with Gasteiger partial charge in [0.2, 0.25) is 0 Å². The van der Waals surface area contributed by atoms with Crippen molar-refractivity contribution in [3.05, 3.63) is 0 Å². The van der Waals surface area contributed by atoms with Gasteiger partial charge in [-0.1, -0.05) is 6.92 Å². The highest BCUT2D eigenvalue weighted by Crippen LogP contribution is 2.39. The maximum Gasteiger partial charge on any atom is 0.469 e. The van der Waals surface area contributed by atoms with Crippen LogP contribution >= 0.6 is 7.82 Å². The first-order valence-electron chi connectivity index (χ1n) is 22.7. The van der Waals surface area contributed by atoms with Crippen LogP contribution in [0.4, 0.5) is 0 Å². The molecule has 19 N–H and O–H groups in total. The zero-order chi connectivity index (χ0) is 53.3. The first-order valence-corrected chi connectivity index (χ1v) is 24.2. The molecule has 6 saturated heterocycles. The minimum absolute atomic E-state index is 0.137. The number of aliphatic hydroxyl groups is 17. The third-order valence-electron chi connectivity index (χ3n) is 13.1. The van der Waals surface area contributed by atoms with E-state index in [1.165, 1.54) is 0 Å². The summed E-state index contributed by atoms with van der Waals surface area (Å²) in [6.45, 7) is -2.94. The zero-order valence-electron chi connectivity index (χ0n) is 38.2. The van der Waals surface area contributed by atoms with Gasteiger partial charge in [-0.15, -0.1) is 0 Å². The minimum Gasteiger partial charge on any atom is -0.394 e. The van der Waals surface area contributed by atoms with E-state index in [1.54, 1.807) is 6.92 Å². The maximum atomic E-state index is 11.6. The molecule has 6 fully saturated rings. The van der Waals surface area contributed by atoms with Crippen LogP contribution in [0.3, 0.4) is 0 Å². The summed E-state index contributed by atoms with van der Waals surface area (Å²) >= 11 is 0. The van der Waals surface area contributed by atoms with Gasteiger partial charge in [-0.2, -0.15) is 0 Å². The number of phosphoric ester groups is 1. The fourth-order valence-electron chi connectivity index (χ4n) is 8.78. The van der Waals surface area contributed by atoms with Gasteiger partial charge in [-0.05, 0) is 6.42 Å². The van der Waals surface area contributed by atoms with Gasteiger partial charge in [0, 0.05) is 7.11 Å². The number of hydrogen-bond donors (Lipinski definition) is 19. The number of ether oxygens (including phenoxy) is 12. The van der Waals surface area contributed by atoms with Crippen molar-refractivity contribution in [2.24, 2.45) is 0 Å². The summed E-state index contributed by atoms with van der Waals surface area (Å²) in [5.74, 6) is 0. The Morgan fingerprint density at radius 3 is 1.22 bits per heavy atom. The monoisotopic (exact) mass is 1080 g/mol. The van der Waals surface area contributed by atoms with Gasteiger partial charge in [-0.3, -0.25) is 4.52 Å². The fourth-order valence-corrected chi connectivity index (χ4v) is 9.12. The van der Waals surface area contributed by atoms with Crippen molar-refractivity contribution in [2.45, 2.75) is 198 Å². The Hall–Kier alpha value is -1.05. The minimum atomic E-state index is -5.17. The van der Waals surface area contributed by atoms with Gasteiger partial charge in [0.15, 0.2) is 37.7 Å². The Morgan fingerprint density at radius 2 is 0.736 bits per heavy atom. The van der Waals surface area contributed by atoms with E-state index in [2.05, 4.69) is 4.52 Å². The van der Waals surface area contributed by atoms with E-state index in [1.807, 2.05) is 0 Å². The van der Waals surface area contributed by atoms with Gasteiger partial charge in [-0.25, -0.2) is 4.57 Å². The average Bonchev–Trinajstić information content (AvgIpc) is 3.35. The third kappa shape index (κ3) is 13.3. The highest BCUT2D eigenvalue weighted by Gasteiger charge is 2.56. The molecule has 72 heavy (non-hydrogen) atoms. The molecule has 0 bridgehead atoms. The molecule has 422 valence electrons. The molecule has 0 aromatic heterocycles. The lowest BCUT2D eigenvalue weighted by molar-refractivity contribution is -0.390. The summed E-state index contributed by atoms with van der Waals surface area (Å²) in [6, 6.07) is 0. The van der Waals surface area contributed by atoms with Crippen LogP contribution in [0.5, 0.6) is 0 Å². The molecule has 34 heteroatoms. The van der Waals surface area contributed by atoms with Crippen LogP contribution in [-0.2, 0) is 65.9 Å². The van der Waals surface area contributed by atoms with Gasteiger partial charge in [0.25, 0.3) is 0 Å². The maximum absolute atomic E-state index is 11.6. The quantitative estimate of drug-likeness (QED) is 0.0534. The molecule has 0 aliphatic carbocycles. The second-order valence-electron chi connectivity index (χ2n) is 17.9. The highest BCUT2D eigenvalue weighted by atomic mass is 31.2. The molecular weight excluding hydrogens is 1020 g/mol. The highest BCUT2D eigenvalue weighted by molar-refractivity contribution is 7.46. The van der Waals surface area contributed by atoms with Gasteiger partial charge in [0.05, 0.1) is 39.1 Å². The molecule has 30 atom stereocenters.